The molecule has 0 radical (unpaired) electrons. The molecule has 1 atom stereocenters. The number of aryl methyl sites for hydroxylation is 2. The first-order valence-electron chi connectivity index (χ1n) is 9.64. The third-order valence-electron chi connectivity index (χ3n) is 6.03. The van der Waals surface area contributed by atoms with Gasteiger partial charge in [-0.3, -0.25) is 14.9 Å². The van der Waals surface area contributed by atoms with Crippen LogP contribution in [0.25, 0.3) is 0 Å². The number of hydrogen-bond acceptors (Lipinski definition) is 4. The Balaban J connectivity index is 2.31. The molecule has 0 aliphatic carbocycles. The average Bonchev–Trinajstić information content (AvgIpc) is 2.94. The molecule has 0 saturated carbocycles. The summed E-state index contributed by atoms with van der Waals surface area (Å²) >= 11 is 0. The Hall–Kier alpha value is -1.99. The fraction of sp³-hybridized carbons (Fsp3) is 0.571. The first-order valence-corrected chi connectivity index (χ1v) is 12.5. The third kappa shape index (κ3) is 4.52. The van der Waals surface area contributed by atoms with E-state index in [1.807, 2.05) is 20.8 Å². The van der Waals surface area contributed by atoms with Gasteiger partial charge in [0.1, 0.15) is 5.56 Å². The van der Waals surface area contributed by atoms with E-state index in [1.165, 1.54) is 6.07 Å². The van der Waals surface area contributed by atoms with Crippen LogP contribution in [0.5, 0.6) is 0 Å². The molecule has 0 N–H and O–H groups in total. The van der Waals surface area contributed by atoms with Gasteiger partial charge in [-0.15, -0.1) is 0 Å². The molecule has 1 aromatic rings. The van der Waals surface area contributed by atoms with Crippen LogP contribution in [0.3, 0.4) is 0 Å². The lowest BCUT2D eigenvalue weighted by atomic mass is 10.0. The third-order valence-corrected chi connectivity index (χ3v) is 10.5. The number of rotatable bonds is 5. The lowest BCUT2D eigenvalue weighted by molar-refractivity contribution is -0.385. The van der Waals surface area contributed by atoms with Gasteiger partial charge in [0, 0.05) is 12.3 Å². The van der Waals surface area contributed by atoms with Crippen molar-refractivity contribution in [2.24, 2.45) is 0 Å². The summed E-state index contributed by atoms with van der Waals surface area (Å²) in [6, 6.07) is 2.97. The second-order valence-electron chi connectivity index (χ2n) is 9.33. The first-order chi connectivity index (χ1) is 12.7. The molecule has 1 amide bonds. The second kappa shape index (κ2) is 7.79. The number of nitro groups is 1. The maximum atomic E-state index is 13.2. The maximum Gasteiger partial charge on any atom is 0.282 e. The number of carbonyl (C=O) groups excluding carboxylic acids is 1. The molecule has 2 rings (SSSR count). The largest absolute Gasteiger partial charge is 0.415 e. The van der Waals surface area contributed by atoms with Crippen LogP contribution in [-0.2, 0) is 4.43 Å². The molecule has 1 heterocycles. The van der Waals surface area contributed by atoms with Gasteiger partial charge in [0.05, 0.1) is 17.6 Å². The summed E-state index contributed by atoms with van der Waals surface area (Å²) < 4.78 is 6.34. The van der Waals surface area contributed by atoms with Crippen molar-refractivity contribution < 1.29 is 14.1 Å². The van der Waals surface area contributed by atoms with Crippen molar-refractivity contribution in [2.75, 3.05) is 6.61 Å². The van der Waals surface area contributed by atoms with E-state index in [4.69, 9.17) is 4.43 Å². The minimum Gasteiger partial charge on any atom is -0.415 e. The Bertz CT molecular complexity index is 824. The normalized spacial score (nSPS) is 17.6. The Morgan fingerprint density at radius 2 is 1.82 bits per heavy atom. The summed E-state index contributed by atoms with van der Waals surface area (Å²) in [7, 11) is -1.95. The molecule has 6 nitrogen and oxygen atoms in total. The van der Waals surface area contributed by atoms with E-state index in [1.54, 1.807) is 17.2 Å². The summed E-state index contributed by atoms with van der Waals surface area (Å²) in [6.07, 6.45) is 2.53. The van der Waals surface area contributed by atoms with Crippen molar-refractivity contribution in [3.05, 3.63) is 50.7 Å². The van der Waals surface area contributed by atoms with Crippen molar-refractivity contribution >= 4 is 19.9 Å². The van der Waals surface area contributed by atoms with E-state index in [2.05, 4.69) is 33.9 Å². The molecule has 0 bridgehead atoms. The van der Waals surface area contributed by atoms with Gasteiger partial charge >= 0.3 is 0 Å². The van der Waals surface area contributed by atoms with Gasteiger partial charge in [-0.1, -0.05) is 26.3 Å². The van der Waals surface area contributed by atoms with Crippen LogP contribution in [0.1, 0.15) is 55.6 Å². The predicted octanol–water partition coefficient (Wildman–Crippen LogP) is 5.35. The quantitative estimate of drug-likeness (QED) is 0.377. The van der Waals surface area contributed by atoms with Gasteiger partial charge in [0.2, 0.25) is 0 Å². The molecular formula is C21H32N2O4Si. The van der Waals surface area contributed by atoms with Crippen molar-refractivity contribution in [3.63, 3.8) is 0 Å². The average molecular weight is 405 g/mol. The zero-order chi connectivity index (χ0) is 21.4. The van der Waals surface area contributed by atoms with Gasteiger partial charge in [-0.25, -0.2) is 0 Å². The summed E-state index contributed by atoms with van der Waals surface area (Å²) in [6.45, 7) is 17.0. The Morgan fingerprint density at radius 1 is 1.25 bits per heavy atom. The number of nitro benzene ring substituents is 1. The van der Waals surface area contributed by atoms with Gasteiger partial charge in [0.25, 0.3) is 11.6 Å². The minimum absolute atomic E-state index is 0.0791. The van der Waals surface area contributed by atoms with Crippen LogP contribution >= 0.6 is 0 Å². The Kier molecular flexibility index (Phi) is 6.21. The second-order valence-corrected chi connectivity index (χ2v) is 14.1. The maximum absolute atomic E-state index is 13.2. The molecule has 1 aliphatic rings. The fourth-order valence-electron chi connectivity index (χ4n) is 3.01. The highest BCUT2D eigenvalue weighted by Crippen LogP contribution is 2.37. The molecule has 1 aromatic carbocycles. The highest BCUT2D eigenvalue weighted by atomic mass is 28.4. The lowest BCUT2D eigenvalue weighted by Gasteiger charge is -2.38. The van der Waals surface area contributed by atoms with Gasteiger partial charge in [-0.05, 0) is 62.5 Å². The molecule has 7 heteroatoms. The Labute approximate surface area is 168 Å². The van der Waals surface area contributed by atoms with Gasteiger partial charge in [0.15, 0.2) is 8.32 Å². The van der Waals surface area contributed by atoms with Crippen LogP contribution in [0.4, 0.5) is 5.69 Å². The highest BCUT2D eigenvalue weighted by molar-refractivity contribution is 6.74. The molecule has 154 valence electrons. The van der Waals surface area contributed by atoms with Crippen LogP contribution in [0.15, 0.2) is 23.9 Å². The van der Waals surface area contributed by atoms with Crippen molar-refractivity contribution in [3.8, 4) is 0 Å². The molecule has 0 aromatic heterocycles. The minimum atomic E-state index is -1.95. The van der Waals surface area contributed by atoms with Gasteiger partial charge in [-0.2, -0.15) is 0 Å². The molecule has 28 heavy (non-hydrogen) atoms. The van der Waals surface area contributed by atoms with Crippen LogP contribution in [-0.4, -0.2) is 36.7 Å². The molecule has 0 saturated heterocycles. The van der Waals surface area contributed by atoms with E-state index >= 15 is 0 Å². The van der Waals surface area contributed by atoms with Crippen LogP contribution in [0.2, 0.25) is 18.1 Å². The monoisotopic (exact) mass is 404 g/mol. The van der Waals surface area contributed by atoms with E-state index in [0.717, 1.165) is 23.1 Å². The smallest absolute Gasteiger partial charge is 0.282 e. The number of carbonyl (C=O) groups is 1. The zero-order valence-electron chi connectivity index (χ0n) is 18.3. The molecule has 0 unspecified atom stereocenters. The van der Waals surface area contributed by atoms with Crippen molar-refractivity contribution in [1.29, 1.82) is 0 Å². The standard InChI is InChI=1S/C21H32N2O4Si/c1-14-9-17(13-27-28(7,8)21(4,5)6)22(12-14)20(24)18-10-15(2)16(3)11-19(18)23(25)26/h10-12,17H,9,13H2,1-8H3/t17-/m0/s1. The molecule has 0 spiro atoms. The van der Waals surface area contributed by atoms with E-state index in [0.29, 0.717) is 6.61 Å². The number of benzene rings is 1. The van der Waals surface area contributed by atoms with E-state index in [-0.39, 0.29) is 28.2 Å². The van der Waals surface area contributed by atoms with Crippen molar-refractivity contribution in [2.45, 2.75) is 72.1 Å². The highest BCUT2D eigenvalue weighted by Gasteiger charge is 2.39. The van der Waals surface area contributed by atoms with Crippen LogP contribution < -0.4 is 0 Å². The summed E-state index contributed by atoms with van der Waals surface area (Å²) in [5.74, 6) is -0.338. The zero-order valence-corrected chi connectivity index (χ0v) is 19.3. The predicted molar refractivity (Wildman–Crippen MR) is 114 cm³/mol. The summed E-state index contributed by atoms with van der Waals surface area (Å²) in [5, 5.41) is 11.6. The molecule has 0 fully saturated rings. The molecule has 1 aliphatic heterocycles. The number of amides is 1. The molecular weight excluding hydrogens is 372 g/mol. The summed E-state index contributed by atoms with van der Waals surface area (Å²) in [5.41, 5.74) is 2.73. The van der Waals surface area contributed by atoms with Gasteiger partial charge < -0.3 is 9.33 Å². The lowest BCUT2D eigenvalue weighted by Crippen LogP contribution is -2.45. The van der Waals surface area contributed by atoms with Crippen molar-refractivity contribution in [1.82, 2.24) is 4.90 Å². The number of hydrogen-bond donors (Lipinski definition) is 0. The van der Waals surface area contributed by atoms with E-state index < -0.39 is 13.2 Å². The topological polar surface area (TPSA) is 72.7 Å². The van der Waals surface area contributed by atoms with E-state index in [9.17, 15) is 14.9 Å². The van der Waals surface area contributed by atoms with Crippen LogP contribution in [0, 0.1) is 24.0 Å². The SMILES string of the molecule is CC1=CN(C(=O)c2cc(C)c(C)cc2[N+](=O)[O-])[C@H](CO[Si](C)(C)C(C)(C)C)C1. The first kappa shape index (κ1) is 22.3. The Morgan fingerprint density at radius 3 is 2.36 bits per heavy atom. The summed E-state index contributed by atoms with van der Waals surface area (Å²) in [4.78, 5) is 25.9. The number of nitrogens with zero attached hydrogens (tertiary/aromatic N) is 2. The fourth-order valence-corrected chi connectivity index (χ4v) is 4.05.